The van der Waals surface area contributed by atoms with Crippen molar-refractivity contribution in [1.82, 2.24) is 14.8 Å². The quantitative estimate of drug-likeness (QED) is 0.656. The predicted molar refractivity (Wildman–Crippen MR) is 111 cm³/mol. The zero-order chi connectivity index (χ0) is 19.8. The van der Waals surface area contributed by atoms with Crippen LogP contribution in [0.1, 0.15) is 36.0 Å². The van der Waals surface area contributed by atoms with Crippen LogP contribution in [0.25, 0.3) is 0 Å². The fourth-order valence-corrected chi connectivity index (χ4v) is 3.49. The first-order valence-electron chi connectivity index (χ1n) is 10.2. The largest absolute Gasteiger partial charge is 0.493 e. The average Bonchev–Trinajstić information content (AvgIpc) is 2.71. The summed E-state index contributed by atoms with van der Waals surface area (Å²) in [5.74, 6) is 1.23. The molecule has 0 atom stereocenters. The first-order valence-corrected chi connectivity index (χ1v) is 10.2. The summed E-state index contributed by atoms with van der Waals surface area (Å²) in [5.41, 5.74) is 3.59. The highest BCUT2D eigenvalue weighted by molar-refractivity contribution is 5.76. The van der Waals surface area contributed by atoms with Crippen molar-refractivity contribution in [2.24, 2.45) is 0 Å². The molecule has 5 heteroatoms. The van der Waals surface area contributed by atoms with Crippen molar-refractivity contribution in [1.29, 1.82) is 0 Å². The van der Waals surface area contributed by atoms with Gasteiger partial charge in [0.1, 0.15) is 5.75 Å². The summed E-state index contributed by atoms with van der Waals surface area (Å²) in [6.07, 6.45) is 6.10. The molecule has 28 heavy (non-hydrogen) atoms. The number of pyridine rings is 1. The number of nitrogens with zero attached hydrogens (tertiary/aromatic N) is 3. The van der Waals surface area contributed by atoms with E-state index in [0.29, 0.717) is 13.0 Å². The number of carbonyl (C=O) groups excluding carboxylic acids is 1. The Morgan fingerprint density at radius 2 is 1.93 bits per heavy atom. The number of hydrogen-bond donors (Lipinski definition) is 0. The first kappa shape index (κ1) is 20.3. The lowest BCUT2D eigenvalue weighted by Gasteiger charge is -2.34. The van der Waals surface area contributed by atoms with E-state index in [-0.39, 0.29) is 5.91 Å². The van der Waals surface area contributed by atoms with Gasteiger partial charge in [0.05, 0.1) is 6.61 Å². The number of amides is 1. The summed E-state index contributed by atoms with van der Waals surface area (Å²) < 4.78 is 5.88. The highest BCUT2D eigenvalue weighted by Crippen LogP contribution is 2.19. The molecule has 3 rings (SSSR count). The zero-order valence-corrected chi connectivity index (χ0v) is 17.1. The maximum Gasteiger partial charge on any atom is 0.222 e. The topological polar surface area (TPSA) is 45.7 Å². The van der Waals surface area contributed by atoms with Crippen molar-refractivity contribution in [2.45, 2.75) is 39.7 Å². The van der Waals surface area contributed by atoms with Crippen LogP contribution in [-0.2, 0) is 11.3 Å². The monoisotopic (exact) mass is 381 g/mol. The van der Waals surface area contributed by atoms with Crippen LogP contribution in [0.5, 0.6) is 5.75 Å². The molecule has 2 aromatic rings. The van der Waals surface area contributed by atoms with E-state index in [1.54, 1.807) is 6.20 Å². The van der Waals surface area contributed by atoms with Gasteiger partial charge in [0.2, 0.25) is 5.91 Å². The van der Waals surface area contributed by atoms with Gasteiger partial charge in [0, 0.05) is 51.5 Å². The summed E-state index contributed by atoms with van der Waals surface area (Å²) in [6.45, 7) is 9.19. The van der Waals surface area contributed by atoms with Crippen molar-refractivity contribution in [3.8, 4) is 5.75 Å². The molecule has 1 amide bonds. The zero-order valence-electron chi connectivity index (χ0n) is 17.1. The third-order valence-electron chi connectivity index (χ3n) is 5.24. The molecule has 1 fully saturated rings. The van der Waals surface area contributed by atoms with Crippen LogP contribution in [0.3, 0.4) is 0 Å². The van der Waals surface area contributed by atoms with E-state index in [4.69, 9.17) is 4.74 Å². The number of unbranched alkanes of at least 4 members (excludes halogenated alkanes) is 1. The number of aryl methyl sites for hydroxylation is 2. The Hall–Kier alpha value is -2.40. The normalized spacial score (nSPS) is 14.9. The minimum atomic E-state index is 0.271. The van der Waals surface area contributed by atoms with Crippen LogP contribution in [-0.4, -0.2) is 53.5 Å². The van der Waals surface area contributed by atoms with E-state index in [2.05, 4.69) is 48.0 Å². The third-order valence-corrected chi connectivity index (χ3v) is 5.24. The third kappa shape index (κ3) is 6.06. The van der Waals surface area contributed by atoms with E-state index in [9.17, 15) is 4.79 Å². The summed E-state index contributed by atoms with van der Waals surface area (Å²) in [6, 6.07) is 10.3. The van der Waals surface area contributed by atoms with Gasteiger partial charge in [-0.25, -0.2) is 0 Å². The molecule has 0 spiro atoms. The Bertz CT molecular complexity index is 756. The van der Waals surface area contributed by atoms with E-state index in [0.717, 1.165) is 56.9 Å². The lowest BCUT2D eigenvalue weighted by Crippen LogP contribution is -2.48. The molecule has 1 aromatic heterocycles. The standard InChI is InChI=1S/C23H31N3O2/c1-19-8-9-20(2)22(16-19)28-15-4-3-7-23(27)26-13-11-25(12-14-26)18-21-6-5-10-24-17-21/h5-6,8-10,16-17H,3-4,7,11-15,18H2,1-2H3. The fraction of sp³-hybridized carbons (Fsp3) is 0.478. The molecule has 1 saturated heterocycles. The van der Waals surface area contributed by atoms with Crippen molar-refractivity contribution < 1.29 is 9.53 Å². The number of rotatable bonds is 8. The van der Waals surface area contributed by atoms with Crippen LogP contribution in [0.15, 0.2) is 42.7 Å². The van der Waals surface area contributed by atoms with Gasteiger partial charge in [-0.1, -0.05) is 18.2 Å². The van der Waals surface area contributed by atoms with Crippen molar-refractivity contribution >= 4 is 5.91 Å². The lowest BCUT2D eigenvalue weighted by atomic mass is 10.1. The van der Waals surface area contributed by atoms with Crippen LogP contribution < -0.4 is 4.74 Å². The maximum absolute atomic E-state index is 12.5. The molecular weight excluding hydrogens is 350 g/mol. The van der Waals surface area contributed by atoms with Crippen molar-refractivity contribution in [2.75, 3.05) is 32.8 Å². The minimum Gasteiger partial charge on any atom is -0.493 e. The summed E-state index contributed by atoms with van der Waals surface area (Å²) in [4.78, 5) is 21.0. The SMILES string of the molecule is Cc1ccc(C)c(OCCCCC(=O)N2CCN(Cc3cccnc3)CC2)c1. The van der Waals surface area contributed by atoms with Crippen molar-refractivity contribution in [3.05, 3.63) is 59.4 Å². The number of hydrogen-bond acceptors (Lipinski definition) is 4. The van der Waals surface area contributed by atoms with Gasteiger partial charge in [0.25, 0.3) is 0 Å². The second-order valence-corrected chi connectivity index (χ2v) is 7.59. The van der Waals surface area contributed by atoms with Gasteiger partial charge in [-0.15, -0.1) is 0 Å². The molecule has 5 nitrogen and oxygen atoms in total. The molecule has 0 N–H and O–H groups in total. The highest BCUT2D eigenvalue weighted by atomic mass is 16.5. The number of aromatic nitrogens is 1. The fourth-order valence-electron chi connectivity index (χ4n) is 3.49. The number of benzene rings is 1. The molecule has 1 aromatic carbocycles. The lowest BCUT2D eigenvalue weighted by molar-refractivity contribution is -0.133. The van der Waals surface area contributed by atoms with E-state index in [1.165, 1.54) is 11.1 Å². The molecule has 0 bridgehead atoms. The second kappa shape index (κ2) is 10.2. The first-order chi connectivity index (χ1) is 13.6. The molecule has 2 heterocycles. The molecule has 0 aliphatic carbocycles. The molecule has 0 unspecified atom stereocenters. The van der Waals surface area contributed by atoms with Gasteiger partial charge < -0.3 is 9.64 Å². The Balaban J connectivity index is 1.31. The molecule has 0 saturated carbocycles. The van der Waals surface area contributed by atoms with E-state index < -0.39 is 0 Å². The molecule has 1 aliphatic rings. The molecule has 150 valence electrons. The molecule has 1 aliphatic heterocycles. The molecular formula is C23H31N3O2. The van der Waals surface area contributed by atoms with Crippen LogP contribution >= 0.6 is 0 Å². The van der Waals surface area contributed by atoms with Crippen LogP contribution in [0.2, 0.25) is 0 Å². The van der Waals surface area contributed by atoms with Crippen LogP contribution in [0.4, 0.5) is 0 Å². The number of ether oxygens (including phenoxy) is 1. The van der Waals surface area contributed by atoms with Crippen molar-refractivity contribution in [3.63, 3.8) is 0 Å². The van der Waals surface area contributed by atoms with Crippen LogP contribution in [0, 0.1) is 13.8 Å². The van der Waals surface area contributed by atoms with Gasteiger partial charge in [0.15, 0.2) is 0 Å². The van der Waals surface area contributed by atoms with Gasteiger partial charge >= 0.3 is 0 Å². The Kier molecular flexibility index (Phi) is 7.43. The van der Waals surface area contributed by atoms with Gasteiger partial charge in [-0.3, -0.25) is 14.7 Å². The smallest absolute Gasteiger partial charge is 0.222 e. The van der Waals surface area contributed by atoms with E-state index >= 15 is 0 Å². The summed E-state index contributed by atoms with van der Waals surface area (Å²) >= 11 is 0. The number of piperazine rings is 1. The molecule has 0 radical (unpaired) electrons. The second-order valence-electron chi connectivity index (χ2n) is 7.59. The summed E-state index contributed by atoms with van der Waals surface area (Å²) in [5, 5.41) is 0. The average molecular weight is 382 g/mol. The highest BCUT2D eigenvalue weighted by Gasteiger charge is 2.20. The van der Waals surface area contributed by atoms with E-state index in [1.807, 2.05) is 17.2 Å². The van der Waals surface area contributed by atoms with Gasteiger partial charge in [-0.2, -0.15) is 0 Å². The van der Waals surface area contributed by atoms with Gasteiger partial charge in [-0.05, 0) is 55.5 Å². The Morgan fingerprint density at radius 3 is 2.68 bits per heavy atom. The number of carbonyl (C=O) groups is 1. The Morgan fingerprint density at radius 1 is 1.11 bits per heavy atom. The maximum atomic E-state index is 12.5. The summed E-state index contributed by atoms with van der Waals surface area (Å²) in [7, 11) is 0. The minimum absolute atomic E-state index is 0.271. The Labute approximate surface area is 168 Å². The predicted octanol–water partition coefficient (Wildman–Crippen LogP) is 3.59.